The zero-order valence-corrected chi connectivity index (χ0v) is 11.7. The maximum atomic E-state index is 12.9. The molecule has 1 aromatic carbocycles. The molecular formula is C12H7BrClFOS. The summed E-state index contributed by atoms with van der Waals surface area (Å²) >= 11 is 10.5. The van der Waals surface area contributed by atoms with Gasteiger partial charge >= 0.3 is 0 Å². The van der Waals surface area contributed by atoms with Crippen LogP contribution >= 0.6 is 38.9 Å². The number of carbonyl (C=O) groups excluding carboxylic acids is 1. The van der Waals surface area contributed by atoms with E-state index in [2.05, 4.69) is 15.9 Å². The lowest BCUT2D eigenvalue weighted by molar-refractivity contribution is 0.0994. The van der Waals surface area contributed by atoms with E-state index in [0.717, 1.165) is 8.66 Å². The second-order valence-electron chi connectivity index (χ2n) is 3.43. The number of benzene rings is 1. The molecule has 17 heavy (non-hydrogen) atoms. The van der Waals surface area contributed by atoms with Gasteiger partial charge in [-0.25, -0.2) is 4.39 Å². The van der Waals surface area contributed by atoms with Crippen molar-refractivity contribution in [3.05, 3.63) is 55.4 Å². The van der Waals surface area contributed by atoms with Crippen molar-refractivity contribution in [2.45, 2.75) is 6.42 Å². The number of rotatable bonds is 3. The minimum Gasteiger partial charge on any atom is -0.294 e. The van der Waals surface area contributed by atoms with Crippen molar-refractivity contribution >= 4 is 44.7 Å². The Morgan fingerprint density at radius 3 is 2.71 bits per heavy atom. The largest absolute Gasteiger partial charge is 0.294 e. The van der Waals surface area contributed by atoms with Crippen LogP contribution in [0.25, 0.3) is 0 Å². The summed E-state index contributed by atoms with van der Waals surface area (Å²) in [5.41, 5.74) is 0.431. The number of carbonyl (C=O) groups is 1. The minimum absolute atomic E-state index is 0.0248. The number of halogens is 3. The van der Waals surface area contributed by atoms with E-state index in [-0.39, 0.29) is 10.8 Å². The lowest BCUT2D eigenvalue weighted by atomic mass is 10.1. The quantitative estimate of drug-likeness (QED) is 0.742. The Morgan fingerprint density at radius 2 is 2.12 bits per heavy atom. The van der Waals surface area contributed by atoms with Crippen molar-refractivity contribution in [2.75, 3.05) is 0 Å². The lowest BCUT2D eigenvalue weighted by Gasteiger charge is -2.00. The molecule has 2 rings (SSSR count). The molecule has 0 aliphatic rings. The van der Waals surface area contributed by atoms with Crippen LogP contribution in [-0.4, -0.2) is 5.78 Å². The summed E-state index contributed by atoms with van der Waals surface area (Å²) in [6.07, 6.45) is 0.304. The van der Waals surface area contributed by atoms with E-state index in [1.54, 1.807) is 0 Å². The van der Waals surface area contributed by atoms with Crippen LogP contribution in [0.3, 0.4) is 0 Å². The fourth-order valence-electron chi connectivity index (χ4n) is 1.38. The van der Waals surface area contributed by atoms with Gasteiger partial charge in [0.2, 0.25) is 0 Å². The molecule has 1 heterocycles. The number of ketones is 1. The fraction of sp³-hybridized carbons (Fsp3) is 0.0833. The highest BCUT2D eigenvalue weighted by Gasteiger charge is 2.10. The van der Waals surface area contributed by atoms with Gasteiger partial charge in [0.05, 0.1) is 8.81 Å². The van der Waals surface area contributed by atoms with Gasteiger partial charge in [-0.05, 0) is 46.3 Å². The molecule has 0 fully saturated rings. The minimum atomic E-state index is -0.512. The summed E-state index contributed by atoms with van der Waals surface area (Å²) in [6, 6.07) is 7.80. The summed E-state index contributed by atoms with van der Waals surface area (Å²) in [4.78, 5) is 12.9. The Hall–Kier alpha value is -0.710. The van der Waals surface area contributed by atoms with Crippen LogP contribution in [0, 0.1) is 5.82 Å². The van der Waals surface area contributed by atoms with Crippen molar-refractivity contribution in [2.24, 2.45) is 0 Å². The van der Waals surface area contributed by atoms with Gasteiger partial charge in [0, 0.05) is 16.9 Å². The molecule has 0 atom stereocenters. The van der Waals surface area contributed by atoms with E-state index in [0.29, 0.717) is 12.0 Å². The number of hydrogen-bond donors (Lipinski definition) is 0. The molecule has 1 aromatic heterocycles. The first-order chi connectivity index (χ1) is 8.06. The Bertz CT molecular complexity index is 567. The van der Waals surface area contributed by atoms with E-state index in [1.807, 2.05) is 12.1 Å². The van der Waals surface area contributed by atoms with Crippen molar-refractivity contribution in [3.8, 4) is 0 Å². The van der Waals surface area contributed by atoms with Crippen LogP contribution in [0.4, 0.5) is 4.39 Å². The molecule has 1 nitrogen and oxygen atoms in total. The smallest absolute Gasteiger partial charge is 0.168 e. The van der Waals surface area contributed by atoms with Crippen LogP contribution in [0.1, 0.15) is 15.2 Å². The van der Waals surface area contributed by atoms with Gasteiger partial charge in [-0.2, -0.15) is 0 Å². The SMILES string of the molecule is O=C(Cc1ccc(Br)s1)c1ccc(F)c(Cl)c1. The fourth-order valence-corrected chi connectivity index (χ4v) is 3.04. The molecule has 88 valence electrons. The molecule has 0 unspecified atom stereocenters. The monoisotopic (exact) mass is 332 g/mol. The number of thiophene rings is 1. The molecular weight excluding hydrogens is 327 g/mol. The normalized spacial score (nSPS) is 10.5. The molecule has 0 saturated heterocycles. The van der Waals surface area contributed by atoms with Crippen LogP contribution in [-0.2, 0) is 6.42 Å². The summed E-state index contributed by atoms with van der Waals surface area (Å²) in [6.45, 7) is 0. The third-order valence-electron chi connectivity index (χ3n) is 2.21. The predicted octanol–water partition coefficient (Wildman–Crippen LogP) is 4.73. The highest BCUT2D eigenvalue weighted by atomic mass is 79.9. The van der Waals surface area contributed by atoms with Crippen molar-refractivity contribution < 1.29 is 9.18 Å². The molecule has 0 spiro atoms. The zero-order chi connectivity index (χ0) is 12.4. The van der Waals surface area contributed by atoms with Crippen LogP contribution < -0.4 is 0 Å². The van der Waals surface area contributed by atoms with Gasteiger partial charge < -0.3 is 0 Å². The van der Waals surface area contributed by atoms with Crippen LogP contribution in [0.5, 0.6) is 0 Å². The number of Topliss-reactive ketones (excluding diaryl/α,β-unsaturated/α-hetero) is 1. The van der Waals surface area contributed by atoms with Crippen molar-refractivity contribution in [3.63, 3.8) is 0 Å². The summed E-state index contributed by atoms with van der Waals surface area (Å²) in [7, 11) is 0. The van der Waals surface area contributed by atoms with Gasteiger partial charge in [0.1, 0.15) is 5.82 Å². The third-order valence-corrected chi connectivity index (χ3v) is 4.12. The van der Waals surface area contributed by atoms with Gasteiger partial charge in [0.15, 0.2) is 5.78 Å². The van der Waals surface area contributed by atoms with Crippen molar-refractivity contribution in [1.29, 1.82) is 0 Å². The Labute approximate surface area is 115 Å². The van der Waals surface area contributed by atoms with Crippen LogP contribution in [0.2, 0.25) is 5.02 Å². The Morgan fingerprint density at radius 1 is 1.35 bits per heavy atom. The van der Waals surface area contributed by atoms with Gasteiger partial charge in [-0.15, -0.1) is 11.3 Å². The third kappa shape index (κ3) is 3.15. The molecule has 2 aromatic rings. The van der Waals surface area contributed by atoms with Gasteiger partial charge in [0.25, 0.3) is 0 Å². The predicted molar refractivity (Wildman–Crippen MR) is 71.5 cm³/mol. The second-order valence-corrected chi connectivity index (χ2v) is 6.39. The molecule has 0 aliphatic carbocycles. The van der Waals surface area contributed by atoms with E-state index in [4.69, 9.17) is 11.6 Å². The maximum absolute atomic E-state index is 12.9. The standard InChI is InChI=1S/C12H7BrClFOS/c13-12-4-2-8(17-12)6-11(16)7-1-3-10(15)9(14)5-7/h1-5H,6H2. The molecule has 0 radical (unpaired) electrons. The topological polar surface area (TPSA) is 17.1 Å². The van der Waals surface area contributed by atoms with E-state index < -0.39 is 5.82 Å². The van der Waals surface area contributed by atoms with E-state index >= 15 is 0 Å². The highest BCUT2D eigenvalue weighted by Crippen LogP contribution is 2.24. The summed E-state index contributed by atoms with van der Waals surface area (Å²) in [5, 5.41) is -0.0248. The van der Waals surface area contributed by atoms with Crippen molar-refractivity contribution in [1.82, 2.24) is 0 Å². The first kappa shape index (κ1) is 12.7. The molecule has 0 bridgehead atoms. The Kier molecular flexibility index (Phi) is 3.97. The molecule has 0 amide bonds. The summed E-state index contributed by atoms with van der Waals surface area (Å²) < 4.78 is 13.9. The first-order valence-electron chi connectivity index (χ1n) is 4.79. The molecule has 0 aliphatic heterocycles. The Balaban J connectivity index is 2.17. The van der Waals surface area contributed by atoms with Gasteiger partial charge in [-0.3, -0.25) is 4.79 Å². The lowest BCUT2D eigenvalue weighted by Crippen LogP contribution is -2.02. The summed E-state index contributed by atoms with van der Waals surface area (Å²) in [5.74, 6) is -0.580. The molecule has 5 heteroatoms. The second kappa shape index (κ2) is 5.29. The van der Waals surface area contributed by atoms with Crippen LogP contribution in [0.15, 0.2) is 34.1 Å². The molecule has 0 N–H and O–H groups in total. The highest BCUT2D eigenvalue weighted by molar-refractivity contribution is 9.11. The van der Waals surface area contributed by atoms with E-state index in [1.165, 1.54) is 29.5 Å². The molecule has 0 saturated carbocycles. The zero-order valence-electron chi connectivity index (χ0n) is 8.54. The average molecular weight is 334 g/mol. The average Bonchev–Trinajstić information content (AvgIpc) is 2.68. The number of hydrogen-bond acceptors (Lipinski definition) is 2. The van der Waals surface area contributed by atoms with Gasteiger partial charge in [-0.1, -0.05) is 11.6 Å². The van der Waals surface area contributed by atoms with E-state index in [9.17, 15) is 9.18 Å². The maximum Gasteiger partial charge on any atom is 0.168 e. The first-order valence-corrected chi connectivity index (χ1v) is 6.77.